The maximum Gasteiger partial charge on any atom is 0.338 e. The van der Waals surface area contributed by atoms with Gasteiger partial charge in [-0.05, 0) is 18.4 Å². The Labute approximate surface area is 82.5 Å². The van der Waals surface area contributed by atoms with Gasteiger partial charge in [0.15, 0.2) is 0 Å². The Hall–Kier alpha value is -0.830. The first kappa shape index (κ1) is 10.3. The van der Waals surface area contributed by atoms with E-state index in [1.54, 1.807) is 11.3 Å². The van der Waals surface area contributed by atoms with E-state index in [1.165, 1.54) is 12.0 Å². The predicted octanol–water partition coefficient (Wildman–Crippen LogP) is 2.97. The van der Waals surface area contributed by atoms with Crippen LogP contribution < -0.4 is 0 Å². The van der Waals surface area contributed by atoms with E-state index in [0.717, 1.165) is 5.56 Å². The molecule has 2 nitrogen and oxygen atoms in total. The van der Waals surface area contributed by atoms with E-state index >= 15 is 0 Å². The van der Waals surface area contributed by atoms with Crippen LogP contribution in [-0.4, -0.2) is 13.1 Å². The van der Waals surface area contributed by atoms with Crippen molar-refractivity contribution in [3.63, 3.8) is 0 Å². The average Bonchev–Trinajstić information content (AvgIpc) is 2.46. The molecule has 13 heavy (non-hydrogen) atoms. The third kappa shape index (κ3) is 1.91. The zero-order valence-corrected chi connectivity index (χ0v) is 9.20. The molecule has 0 saturated heterocycles. The number of hydrogen-bond acceptors (Lipinski definition) is 3. The summed E-state index contributed by atoms with van der Waals surface area (Å²) in [7, 11) is 1.41. The molecule has 3 heteroatoms. The van der Waals surface area contributed by atoms with Gasteiger partial charge < -0.3 is 4.74 Å². The second-order valence-electron chi connectivity index (χ2n) is 3.28. The summed E-state index contributed by atoms with van der Waals surface area (Å²) in [6.07, 6.45) is 0. The molecular formula is C10H14O2S. The fourth-order valence-electron chi connectivity index (χ4n) is 1.31. The van der Waals surface area contributed by atoms with Crippen LogP contribution in [0.15, 0.2) is 5.38 Å². The predicted molar refractivity (Wildman–Crippen MR) is 54.5 cm³/mol. The second-order valence-corrected chi connectivity index (χ2v) is 4.20. The molecule has 0 aliphatic rings. The molecule has 0 atom stereocenters. The van der Waals surface area contributed by atoms with Gasteiger partial charge in [-0.2, -0.15) is 0 Å². The maximum absolute atomic E-state index is 11.3. The van der Waals surface area contributed by atoms with Crippen molar-refractivity contribution in [3.8, 4) is 0 Å². The highest BCUT2D eigenvalue weighted by atomic mass is 32.1. The molecule has 1 aromatic heterocycles. The molecule has 72 valence electrons. The van der Waals surface area contributed by atoms with Gasteiger partial charge in [0.1, 0.15) is 0 Å². The van der Waals surface area contributed by atoms with Crippen LogP contribution in [0.5, 0.6) is 0 Å². The number of ether oxygens (including phenoxy) is 1. The van der Waals surface area contributed by atoms with Gasteiger partial charge >= 0.3 is 5.97 Å². The summed E-state index contributed by atoms with van der Waals surface area (Å²) in [5.74, 6) is 0.240. The van der Waals surface area contributed by atoms with Crippen molar-refractivity contribution in [1.82, 2.24) is 0 Å². The normalized spacial score (nSPS) is 10.5. The Morgan fingerprint density at radius 1 is 1.54 bits per heavy atom. The van der Waals surface area contributed by atoms with Crippen molar-refractivity contribution in [2.45, 2.75) is 26.7 Å². The van der Waals surface area contributed by atoms with Gasteiger partial charge in [0.2, 0.25) is 0 Å². The highest BCUT2D eigenvalue weighted by Gasteiger charge is 2.15. The summed E-state index contributed by atoms with van der Waals surface area (Å²) in [6, 6.07) is 0. The first-order valence-electron chi connectivity index (χ1n) is 4.24. The van der Waals surface area contributed by atoms with E-state index in [4.69, 9.17) is 0 Å². The fourth-order valence-corrected chi connectivity index (χ4v) is 2.39. The maximum atomic E-state index is 11.3. The molecule has 0 aliphatic heterocycles. The quantitative estimate of drug-likeness (QED) is 0.683. The lowest BCUT2D eigenvalue weighted by atomic mass is 10.1. The van der Waals surface area contributed by atoms with Crippen molar-refractivity contribution in [2.24, 2.45) is 0 Å². The molecule has 0 aliphatic carbocycles. The number of carbonyl (C=O) groups is 1. The van der Waals surface area contributed by atoms with Crippen LogP contribution in [-0.2, 0) is 4.74 Å². The summed E-state index contributed by atoms with van der Waals surface area (Å²) in [5.41, 5.74) is 1.77. The van der Waals surface area contributed by atoms with Crippen LogP contribution in [0.2, 0.25) is 0 Å². The zero-order valence-electron chi connectivity index (χ0n) is 8.38. The Morgan fingerprint density at radius 3 is 2.54 bits per heavy atom. The number of rotatable bonds is 2. The smallest absolute Gasteiger partial charge is 0.338 e. The third-order valence-corrected chi connectivity index (χ3v) is 3.39. The van der Waals surface area contributed by atoms with Crippen LogP contribution in [0.1, 0.15) is 40.6 Å². The molecule has 0 aromatic carbocycles. The summed E-state index contributed by atoms with van der Waals surface area (Å²) in [5, 5.41) is 1.87. The number of carbonyl (C=O) groups excluding carboxylic acids is 1. The van der Waals surface area contributed by atoms with Gasteiger partial charge in [-0.15, -0.1) is 11.3 Å². The van der Waals surface area contributed by atoms with Crippen molar-refractivity contribution in [1.29, 1.82) is 0 Å². The topological polar surface area (TPSA) is 26.3 Å². The molecule has 0 amide bonds. The summed E-state index contributed by atoms with van der Waals surface area (Å²) in [6.45, 7) is 6.22. The SMILES string of the molecule is COC(=O)c1csc(C(C)C)c1C. The largest absolute Gasteiger partial charge is 0.465 e. The molecular weight excluding hydrogens is 184 g/mol. The molecule has 0 N–H and O–H groups in total. The standard InChI is InChI=1S/C10H14O2S/c1-6(2)9-7(3)8(5-13-9)10(11)12-4/h5-6H,1-4H3. The minimum absolute atomic E-state index is 0.236. The summed E-state index contributed by atoms with van der Waals surface area (Å²) in [4.78, 5) is 12.5. The van der Waals surface area contributed by atoms with Crippen LogP contribution in [0, 0.1) is 6.92 Å². The van der Waals surface area contributed by atoms with E-state index in [0.29, 0.717) is 11.5 Å². The van der Waals surface area contributed by atoms with Crippen LogP contribution >= 0.6 is 11.3 Å². The number of thiophene rings is 1. The van der Waals surface area contributed by atoms with E-state index in [9.17, 15) is 4.79 Å². The van der Waals surface area contributed by atoms with Gasteiger partial charge in [0, 0.05) is 10.3 Å². The Morgan fingerprint density at radius 2 is 2.15 bits per heavy atom. The molecule has 0 fully saturated rings. The van der Waals surface area contributed by atoms with E-state index in [2.05, 4.69) is 18.6 Å². The van der Waals surface area contributed by atoms with E-state index in [-0.39, 0.29) is 5.97 Å². The number of hydrogen-bond donors (Lipinski definition) is 0. The van der Waals surface area contributed by atoms with Gasteiger partial charge in [-0.3, -0.25) is 0 Å². The Balaban J connectivity index is 3.06. The minimum Gasteiger partial charge on any atom is -0.465 e. The molecule has 0 saturated carbocycles. The zero-order chi connectivity index (χ0) is 10.0. The highest BCUT2D eigenvalue weighted by molar-refractivity contribution is 7.10. The molecule has 0 spiro atoms. The second kappa shape index (κ2) is 3.92. The van der Waals surface area contributed by atoms with Crippen LogP contribution in [0.4, 0.5) is 0 Å². The number of methoxy groups -OCH3 is 1. The molecule has 0 radical (unpaired) electrons. The average molecular weight is 198 g/mol. The molecule has 0 bridgehead atoms. The highest BCUT2D eigenvalue weighted by Crippen LogP contribution is 2.28. The van der Waals surface area contributed by atoms with Crippen LogP contribution in [0.25, 0.3) is 0 Å². The van der Waals surface area contributed by atoms with Crippen LogP contribution in [0.3, 0.4) is 0 Å². The van der Waals surface area contributed by atoms with Crippen molar-refractivity contribution in [3.05, 3.63) is 21.4 Å². The Bertz CT molecular complexity index is 313. The van der Waals surface area contributed by atoms with Crippen molar-refractivity contribution >= 4 is 17.3 Å². The van der Waals surface area contributed by atoms with E-state index < -0.39 is 0 Å². The van der Waals surface area contributed by atoms with E-state index in [1.807, 2.05) is 12.3 Å². The lowest BCUT2D eigenvalue weighted by molar-refractivity contribution is 0.0600. The minimum atomic E-state index is -0.236. The first-order chi connectivity index (χ1) is 6.07. The molecule has 0 unspecified atom stereocenters. The number of esters is 1. The fraction of sp³-hybridized carbons (Fsp3) is 0.500. The molecule has 1 aromatic rings. The lowest BCUT2D eigenvalue weighted by Gasteiger charge is -2.03. The molecule has 1 heterocycles. The Kier molecular flexibility index (Phi) is 3.09. The van der Waals surface area contributed by atoms with Gasteiger partial charge in [0.05, 0.1) is 12.7 Å². The van der Waals surface area contributed by atoms with Gasteiger partial charge in [-0.1, -0.05) is 13.8 Å². The first-order valence-corrected chi connectivity index (χ1v) is 5.12. The van der Waals surface area contributed by atoms with Gasteiger partial charge in [-0.25, -0.2) is 4.79 Å². The summed E-state index contributed by atoms with van der Waals surface area (Å²) < 4.78 is 4.68. The monoisotopic (exact) mass is 198 g/mol. The van der Waals surface area contributed by atoms with Crippen molar-refractivity contribution < 1.29 is 9.53 Å². The molecule has 1 rings (SSSR count). The van der Waals surface area contributed by atoms with Gasteiger partial charge in [0.25, 0.3) is 0 Å². The van der Waals surface area contributed by atoms with Crippen molar-refractivity contribution in [2.75, 3.05) is 7.11 Å². The lowest BCUT2D eigenvalue weighted by Crippen LogP contribution is -2.01. The third-order valence-electron chi connectivity index (χ3n) is 2.01. The summed E-state index contributed by atoms with van der Waals surface area (Å²) >= 11 is 1.63.